The van der Waals surface area contributed by atoms with Crippen LogP contribution in [0.4, 0.5) is 0 Å². The van der Waals surface area contributed by atoms with Crippen molar-refractivity contribution in [1.82, 2.24) is 14.5 Å². The maximum Gasteiger partial charge on any atom is 0.242 e. The molecule has 5 nitrogen and oxygen atoms in total. The van der Waals surface area contributed by atoms with Crippen LogP contribution in [0.5, 0.6) is 0 Å². The quantitative estimate of drug-likeness (QED) is 0.797. The molecule has 0 radical (unpaired) electrons. The highest BCUT2D eigenvalue weighted by molar-refractivity contribution is 7.97. The van der Waals surface area contributed by atoms with E-state index in [1.165, 1.54) is 0 Å². The van der Waals surface area contributed by atoms with E-state index in [1.807, 2.05) is 42.1 Å². The van der Waals surface area contributed by atoms with Crippen molar-refractivity contribution in [3.8, 4) is 0 Å². The Morgan fingerprint density at radius 3 is 2.75 bits per heavy atom. The van der Waals surface area contributed by atoms with Gasteiger partial charge < -0.3 is 15.2 Å². The number of hydrogen-bond donors (Lipinski definition) is 1. The van der Waals surface area contributed by atoms with Crippen molar-refractivity contribution in [1.29, 1.82) is 0 Å². The predicted octanol–water partition coefficient (Wildman–Crippen LogP) is 2.73. The zero-order chi connectivity index (χ0) is 17.7. The fourth-order valence-electron chi connectivity index (χ4n) is 2.60. The lowest BCUT2D eigenvalue weighted by Crippen LogP contribution is -2.36. The average Bonchev–Trinajstić information content (AvgIpc) is 2.90. The second-order valence-corrected chi connectivity index (χ2v) is 7.41. The van der Waals surface area contributed by atoms with Gasteiger partial charge in [0.05, 0.1) is 16.8 Å². The smallest absolute Gasteiger partial charge is 0.242 e. The van der Waals surface area contributed by atoms with Crippen molar-refractivity contribution < 1.29 is 4.79 Å². The van der Waals surface area contributed by atoms with E-state index in [9.17, 15) is 4.79 Å². The second-order valence-electron chi connectivity index (χ2n) is 6.55. The SMILES string of the molecule is CSCc1nc2ccccc2n1CC(=O)N(C)CCC(N)C(C)C. The second kappa shape index (κ2) is 8.53. The molecular formula is C18H28N4OS. The third-order valence-electron chi connectivity index (χ3n) is 4.38. The van der Waals surface area contributed by atoms with Gasteiger partial charge in [0.15, 0.2) is 0 Å². The van der Waals surface area contributed by atoms with E-state index in [1.54, 1.807) is 16.7 Å². The van der Waals surface area contributed by atoms with Gasteiger partial charge in [-0.2, -0.15) is 11.8 Å². The minimum atomic E-state index is 0.0939. The lowest BCUT2D eigenvalue weighted by atomic mass is 10.0. The van der Waals surface area contributed by atoms with Crippen LogP contribution in [0.15, 0.2) is 24.3 Å². The number of carbonyl (C=O) groups is 1. The number of hydrogen-bond acceptors (Lipinski definition) is 4. The number of thioether (sulfide) groups is 1. The summed E-state index contributed by atoms with van der Waals surface area (Å²) in [6, 6.07) is 8.10. The molecule has 24 heavy (non-hydrogen) atoms. The summed E-state index contributed by atoms with van der Waals surface area (Å²) >= 11 is 1.71. The first-order valence-electron chi connectivity index (χ1n) is 8.36. The van der Waals surface area contributed by atoms with Crippen LogP contribution in [0, 0.1) is 5.92 Å². The summed E-state index contributed by atoms with van der Waals surface area (Å²) < 4.78 is 2.03. The largest absolute Gasteiger partial charge is 0.344 e. The minimum absolute atomic E-state index is 0.0939. The molecule has 1 amide bonds. The lowest BCUT2D eigenvalue weighted by molar-refractivity contribution is -0.130. The van der Waals surface area contributed by atoms with Crippen LogP contribution < -0.4 is 5.73 Å². The summed E-state index contributed by atoms with van der Waals surface area (Å²) in [5.41, 5.74) is 8.04. The van der Waals surface area contributed by atoms with Crippen molar-refractivity contribution in [3.05, 3.63) is 30.1 Å². The molecule has 0 saturated heterocycles. The molecule has 2 aromatic rings. The van der Waals surface area contributed by atoms with E-state index < -0.39 is 0 Å². The van der Waals surface area contributed by atoms with Gasteiger partial charge >= 0.3 is 0 Å². The Balaban J connectivity index is 2.10. The predicted molar refractivity (Wildman–Crippen MR) is 102 cm³/mol. The normalized spacial score (nSPS) is 12.8. The van der Waals surface area contributed by atoms with Crippen molar-refractivity contribution in [2.24, 2.45) is 11.7 Å². The van der Waals surface area contributed by atoms with Crippen LogP contribution in [0.2, 0.25) is 0 Å². The summed E-state index contributed by atoms with van der Waals surface area (Å²) in [6.07, 6.45) is 2.87. The van der Waals surface area contributed by atoms with E-state index in [0.717, 1.165) is 29.0 Å². The summed E-state index contributed by atoms with van der Waals surface area (Å²) in [7, 11) is 1.85. The Labute approximate surface area is 148 Å². The molecule has 1 aromatic heterocycles. The van der Waals surface area contributed by atoms with Crippen LogP contribution in [0.3, 0.4) is 0 Å². The number of imidazole rings is 1. The van der Waals surface area contributed by atoms with Crippen molar-refractivity contribution in [2.75, 3.05) is 19.8 Å². The topological polar surface area (TPSA) is 64.2 Å². The number of benzene rings is 1. The maximum atomic E-state index is 12.6. The number of nitrogens with two attached hydrogens (primary N) is 1. The van der Waals surface area contributed by atoms with Crippen LogP contribution in [0.1, 0.15) is 26.1 Å². The molecule has 1 atom stereocenters. The molecule has 1 heterocycles. The number of likely N-dealkylation sites (N-methyl/N-ethyl adjacent to an activating group) is 1. The average molecular weight is 349 g/mol. The number of carbonyl (C=O) groups excluding carboxylic acids is 1. The van der Waals surface area contributed by atoms with Gasteiger partial charge in [-0.3, -0.25) is 4.79 Å². The van der Waals surface area contributed by atoms with Crippen LogP contribution in [-0.4, -0.2) is 46.2 Å². The van der Waals surface area contributed by atoms with Gasteiger partial charge in [0.1, 0.15) is 12.4 Å². The highest BCUT2D eigenvalue weighted by Gasteiger charge is 2.17. The van der Waals surface area contributed by atoms with E-state index in [2.05, 4.69) is 18.8 Å². The molecule has 0 saturated carbocycles. The summed E-state index contributed by atoms with van der Waals surface area (Å²) in [6.45, 7) is 5.23. The highest BCUT2D eigenvalue weighted by Crippen LogP contribution is 2.19. The Hall–Kier alpha value is -1.53. The van der Waals surface area contributed by atoms with Crippen LogP contribution in [0.25, 0.3) is 11.0 Å². The zero-order valence-electron chi connectivity index (χ0n) is 15.0. The van der Waals surface area contributed by atoms with Gasteiger partial charge in [-0.15, -0.1) is 0 Å². The number of aromatic nitrogens is 2. The van der Waals surface area contributed by atoms with Crippen molar-refractivity contribution >= 4 is 28.7 Å². The van der Waals surface area contributed by atoms with Crippen molar-refractivity contribution in [3.63, 3.8) is 0 Å². The van der Waals surface area contributed by atoms with Crippen molar-refractivity contribution in [2.45, 2.75) is 38.6 Å². The van der Waals surface area contributed by atoms with Crippen LogP contribution in [-0.2, 0) is 17.1 Å². The molecule has 0 spiro atoms. The summed E-state index contributed by atoms with van der Waals surface area (Å²) in [4.78, 5) is 19.1. The summed E-state index contributed by atoms with van der Waals surface area (Å²) in [5, 5.41) is 0. The molecule has 0 aliphatic carbocycles. The third kappa shape index (κ3) is 4.51. The fraction of sp³-hybridized carbons (Fsp3) is 0.556. The van der Waals surface area contributed by atoms with Gasteiger partial charge in [-0.1, -0.05) is 26.0 Å². The molecule has 0 aliphatic rings. The molecule has 6 heteroatoms. The number of nitrogens with zero attached hydrogens (tertiary/aromatic N) is 3. The molecular weight excluding hydrogens is 320 g/mol. The number of fused-ring (bicyclic) bond motifs is 1. The molecule has 0 bridgehead atoms. The van der Waals surface area contributed by atoms with Gasteiger partial charge in [0.25, 0.3) is 0 Å². The fourth-order valence-corrected chi connectivity index (χ4v) is 3.08. The minimum Gasteiger partial charge on any atom is -0.344 e. The number of amides is 1. The highest BCUT2D eigenvalue weighted by atomic mass is 32.2. The van der Waals surface area contributed by atoms with Gasteiger partial charge in [0, 0.05) is 19.6 Å². The molecule has 1 unspecified atom stereocenters. The first kappa shape index (κ1) is 18.8. The lowest BCUT2D eigenvalue weighted by Gasteiger charge is -2.22. The van der Waals surface area contributed by atoms with Crippen LogP contribution >= 0.6 is 11.8 Å². The monoisotopic (exact) mass is 348 g/mol. The molecule has 1 aromatic carbocycles. The zero-order valence-corrected chi connectivity index (χ0v) is 15.8. The third-order valence-corrected chi connectivity index (χ3v) is 4.93. The summed E-state index contributed by atoms with van der Waals surface area (Å²) in [5.74, 6) is 2.27. The Morgan fingerprint density at radius 1 is 1.38 bits per heavy atom. The number of para-hydroxylation sites is 2. The standard InChI is InChI=1S/C18H28N4OS/c1-13(2)14(19)9-10-21(3)18(23)11-22-16-8-6-5-7-15(16)20-17(22)12-24-4/h5-8,13-14H,9-12,19H2,1-4H3. The van der Waals surface area contributed by atoms with E-state index in [-0.39, 0.29) is 11.9 Å². The Kier molecular flexibility index (Phi) is 6.69. The van der Waals surface area contributed by atoms with Gasteiger partial charge in [-0.25, -0.2) is 4.98 Å². The van der Waals surface area contributed by atoms with E-state index in [0.29, 0.717) is 19.0 Å². The molecule has 0 fully saturated rings. The Morgan fingerprint density at radius 2 is 2.08 bits per heavy atom. The molecule has 132 valence electrons. The molecule has 0 aliphatic heterocycles. The first-order valence-corrected chi connectivity index (χ1v) is 9.76. The maximum absolute atomic E-state index is 12.6. The van der Waals surface area contributed by atoms with E-state index >= 15 is 0 Å². The molecule has 2 N–H and O–H groups in total. The van der Waals surface area contributed by atoms with Gasteiger partial charge in [0.2, 0.25) is 5.91 Å². The molecule has 2 rings (SSSR count). The van der Waals surface area contributed by atoms with E-state index in [4.69, 9.17) is 5.73 Å². The van der Waals surface area contributed by atoms with Gasteiger partial charge in [-0.05, 0) is 30.7 Å². The Bertz CT molecular complexity index is 683. The first-order chi connectivity index (χ1) is 11.4. The number of rotatable bonds is 8.